The summed E-state index contributed by atoms with van der Waals surface area (Å²) in [6.45, 7) is 6.50. The van der Waals surface area contributed by atoms with Crippen LogP contribution in [0.25, 0.3) is 10.2 Å². The van der Waals surface area contributed by atoms with Gasteiger partial charge in [0.1, 0.15) is 16.5 Å². The second-order valence-corrected chi connectivity index (χ2v) is 7.37. The molecule has 0 atom stereocenters. The van der Waals surface area contributed by atoms with Crippen molar-refractivity contribution in [3.05, 3.63) is 16.3 Å². The van der Waals surface area contributed by atoms with Crippen molar-refractivity contribution in [2.75, 3.05) is 12.4 Å². The van der Waals surface area contributed by atoms with Crippen LogP contribution in [-0.4, -0.2) is 17.0 Å². The zero-order valence-corrected chi connectivity index (χ0v) is 12.9. The van der Waals surface area contributed by atoms with Crippen molar-refractivity contribution in [3.63, 3.8) is 0 Å². The molecule has 0 aliphatic heterocycles. The molecule has 0 bridgehead atoms. The normalized spacial score (nSPS) is 15.6. The first-order chi connectivity index (χ1) is 9.00. The van der Waals surface area contributed by atoms with E-state index in [2.05, 4.69) is 26.1 Å². The summed E-state index contributed by atoms with van der Waals surface area (Å²) in [7, 11) is 1.96. The predicted molar refractivity (Wildman–Crippen MR) is 82.3 cm³/mol. The lowest BCUT2D eigenvalue weighted by molar-refractivity contribution is 0.549. The van der Waals surface area contributed by atoms with Gasteiger partial charge in [0.15, 0.2) is 0 Å². The summed E-state index contributed by atoms with van der Waals surface area (Å²) in [5, 5.41) is 4.55. The van der Waals surface area contributed by atoms with E-state index in [1.165, 1.54) is 41.5 Å². The third-order valence-corrected chi connectivity index (χ3v) is 4.91. The highest BCUT2D eigenvalue weighted by molar-refractivity contribution is 7.19. The van der Waals surface area contributed by atoms with Crippen LogP contribution in [-0.2, 0) is 18.3 Å². The number of nitrogens with one attached hydrogen (secondary N) is 1. The molecule has 2 aromatic rings. The Bertz CT molecular complexity index is 622. The van der Waals surface area contributed by atoms with Gasteiger partial charge in [-0.3, -0.25) is 0 Å². The van der Waals surface area contributed by atoms with Gasteiger partial charge in [0, 0.05) is 17.3 Å². The number of hydrogen-bond acceptors (Lipinski definition) is 4. The van der Waals surface area contributed by atoms with Crippen LogP contribution in [0.2, 0.25) is 0 Å². The van der Waals surface area contributed by atoms with Crippen molar-refractivity contribution in [3.8, 4) is 0 Å². The monoisotopic (exact) mass is 275 g/mol. The number of fused-ring (bicyclic) bond motifs is 3. The van der Waals surface area contributed by atoms with Gasteiger partial charge in [-0.1, -0.05) is 20.8 Å². The van der Waals surface area contributed by atoms with Gasteiger partial charge in [-0.05, 0) is 31.2 Å². The molecule has 0 amide bonds. The summed E-state index contributed by atoms with van der Waals surface area (Å²) in [6, 6.07) is 0. The largest absolute Gasteiger partial charge is 0.372 e. The number of rotatable bonds is 1. The lowest BCUT2D eigenvalue weighted by atomic mass is 9.94. The van der Waals surface area contributed by atoms with Crippen LogP contribution >= 0.6 is 11.3 Å². The summed E-state index contributed by atoms with van der Waals surface area (Å²) in [5.41, 5.74) is 1.49. The van der Waals surface area contributed by atoms with Crippen LogP contribution in [0.3, 0.4) is 0 Å². The second-order valence-electron chi connectivity index (χ2n) is 6.29. The molecule has 2 aromatic heterocycles. The van der Waals surface area contributed by atoms with Crippen LogP contribution in [0.15, 0.2) is 0 Å². The quantitative estimate of drug-likeness (QED) is 0.857. The highest BCUT2D eigenvalue weighted by Crippen LogP contribution is 2.39. The van der Waals surface area contributed by atoms with E-state index in [1.54, 1.807) is 0 Å². The van der Waals surface area contributed by atoms with Gasteiger partial charge in [-0.25, -0.2) is 9.97 Å². The first-order valence-electron chi connectivity index (χ1n) is 7.01. The Balaban J connectivity index is 2.28. The zero-order valence-electron chi connectivity index (χ0n) is 12.1. The van der Waals surface area contributed by atoms with E-state index < -0.39 is 0 Å². The Morgan fingerprint density at radius 2 is 1.84 bits per heavy atom. The highest BCUT2D eigenvalue weighted by atomic mass is 32.1. The molecule has 1 aliphatic rings. The van der Waals surface area contributed by atoms with E-state index in [9.17, 15) is 0 Å². The molecular weight excluding hydrogens is 254 g/mol. The highest BCUT2D eigenvalue weighted by Gasteiger charge is 2.24. The topological polar surface area (TPSA) is 37.8 Å². The Morgan fingerprint density at radius 1 is 1.11 bits per heavy atom. The van der Waals surface area contributed by atoms with Crippen molar-refractivity contribution in [2.45, 2.75) is 51.9 Å². The molecule has 102 valence electrons. The maximum atomic E-state index is 4.83. The minimum atomic E-state index is -0.00964. The van der Waals surface area contributed by atoms with Crippen molar-refractivity contribution >= 4 is 27.4 Å². The summed E-state index contributed by atoms with van der Waals surface area (Å²) < 4.78 is 0. The average molecular weight is 275 g/mol. The van der Waals surface area contributed by atoms with Gasteiger partial charge in [0.2, 0.25) is 0 Å². The Morgan fingerprint density at radius 3 is 2.53 bits per heavy atom. The van der Waals surface area contributed by atoms with Gasteiger partial charge in [-0.15, -0.1) is 11.3 Å². The molecule has 1 aliphatic carbocycles. The van der Waals surface area contributed by atoms with Crippen LogP contribution in [0.4, 0.5) is 5.82 Å². The molecule has 3 rings (SSSR count). The number of aromatic nitrogens is 2. The molecule has 0 radical (unpaired) electrons. The fourth-order valence-electron chi connectivity index (χ4n) is 2.67. The minimum absolute atomic E-state index is 0.00964. The molecule has 0 spiro atoms. The number of thiophene rings is 1. The van der Waals surface area contributed by atoms with Crippen molar-refractivity contribution in [1.29, 1.82) is 0 Å². The molecule has 19 heavy (non-hydrogen) atoms. The van der Waals surface area contributed by atoms with E-state index in [0.29, 0.717) is 0 Å². The first kappa shape index (κ1) is 12.9. The lowest BCUT2D eigenvalue weighted by Crippen LogP contribution is -2.17. The Labute approximate surface area is 118 Å². The maximum absolute atomic E-state index is 4.83. The Kier molecular flexibility index (Phi) is 3.01. The van der Waals surface area contributed by atoms with E-state index in [0.717, 1.165) is 16.5 Å². The third-order valence-electron chi connectivity index (χ3n) is 3.72. The molecule has 0 saturated carbocycles. The van der Waals surface area contributed by atoms with Gasteiger partial charge < -0.3 is 5.32 Å². The zero-order chi connectivity index (χ0) is 13.6. The second kappa shape index (κ2) is 4.44. The molecule has 4 heteroatoms. The summed E-state index contributed by atoms with van der Waals surface area (Å²) in [4.78, 5) is 12.3. The minimum Gasteiger partial charge on any atom is -0.372 e. The maximum Gasteiger partial charge on any atom is 0.138 e. The number of hydrogen-bond donors (Lipinski definition) is 1. The smallest absolute Gasteiger partial charge is 0.138 e. The van der Waals surface area contributed by atoms with Crippen molar-refractivity contribution < 1.29 is 0 Å². The molecular formula is C15H21N3S. The third kappa shape index (κ3) is 2.12. The lowest BCUT2D eigenvalue weighted by Gasteiger charge is -2.18. The predicted octanol–water partition coefficient (Wildman–Crippen LogP) is 3.91. The fourth-order valence-corrected chi connectivity index (χ4v) is 3.93. The standard InChI is InChI=1S/C15H21N3S/c1-15(2,3)14-17-12(16-4)11-9-7-5-6-8-10(9)19-13(11)18-14/h5-8H2,1-4H3,(H,16,17,18). The summed E-state index contributed by atoms with van der Waals surface area (Å²) >= 11 is 1.87. The van der Waals surface area contributed by atoms with Crippen molar-refractivity contribution in [1.82, 2.24) is 9.97 Å². The number of anilines is 1. The summed E-state index contributed by atoms with van der Waals surface area (Å²) in [5.74, 6) is 1.94. The van der Waals surface area contributed by atoms with Gasteiger partial charge in [0.05, 0.1) is 5.39 Å². The molecule has 3 nitrogen and oxygen atoms in total. The molecule has 0 saturated heterocycles. The first-order valence-corrected chi connectivity index (χ1v) is 7.83. The average Bonchev–Trinajstić information content (AvgIpc) is 2.74. The van der Waals surface area contributed by atoms with Gasteiger partial charge in [-0.2, -0.15) is 0 Å². The van der Waals surface area contributed by atoms with Crippen LogP contribution in [0.1, 0.15) is 49.9 Å². The number of nitrogens with zero attached hydrogens (tertiary/aromatic N) is 2. The van der Waals surface area contributed by atoms with Crippen LogP contribution < -0.4 is 5.32 Å². The van der Waals surface area contributed by atoms with E-state index in [4.69, 9.17) is 9.97 Å². The van der Waals surface area contributed by atoms with Gasteiger partial charge in [0.25, 0.3) is 0 Å². The van der Waals surface area contributed by atoms with E-state index in [1.807, 2.05) is 18.4 Å². The molecule has 0 unspecified atom stereocenters. The fraction of sp³-hybridized carbons (Fsp3) is 0.600. The van der Waals surface area contributed by atoms with Gasteiger partial charge >= 0.3 is 0 Å². The van der Waals surface area contributed by atoms with E-state index in [-0.39, 0.29) is 5.41 Å². The molecule has 0 aromatic carbocycles. The molecule has 0 fully saturated rings. The Hall–Kier alpha value is -1.16. The van der Waals surface area contributed by atoms with Crippen LogP contribution in [0, 0.1) is 0 Å². The molecule has 2 heterocycles. The van der Waals surface area contributed by atoms with Crippen molar-refractivity contribution in [2.24, 2.45) is 0 Å². The number of aryl methyl sites for hydroxylation is 2. The van der Waals surface area contributed by atoms with E-state index >= 15 is 0 Å². The molecule has 1 N–H and O–H groups in total. The SMILES string of the molecule is CNc1nc(C(C)(C)C)nc2sc3c(c12)CCCC3. The summed E-state index contributed by atoms with van der Waals surface area (Å²) in [6.07, 6.45) is 5.00. The van der Waals surface area contributed by atoms with Crippen LogP contribution in [0.5, 0.6) is 0 Å².